The Bertz CT molecular complexity index is 852. The van der Waals surface area contributed by atoms with Crippen molar-refractivity contribution >= 4 is 21.8 Å². The summed E-state index contributed by atoms with van der Waals surface area (Å²) in [7, 11) is -3.81. The number of nitrogens with one attached hydrogen (secondary N) is 1. The molecule has 8 nitrogen and oxygen atoms in total. The normalized spacial score (nSPS) is 16.6. The Kier molecular flexibility index (Phi) is 6.57. The van der Waals surface area contributed by atoms with Crippen LogP contribution >= 0.6 is 0 Å². The highest BCUT2D eigenvalue weighted by Gasteiger charge is 2.34. The number of nitrogens with zero attached hydrogens (tertiary/aromatic N) is 3. The van der Waals surface area contributed by atoms with Gasteiger partial charge in [0.2, 0.25) is 21.8 Å². The first kappa shape index (κ1) is 20.9. The van der Waals surface area contributed by atoms with Crippen LogP contribution in [0.1, 0.15) is 26.3 Å². The molecule has 2 amide bonds. The van der Waals surface area contributed by atoms with Crippen LogP contribution in [-0.2, 0) is 19.6 Å². The summed E-state index contributed by atoms with van der Waals surface area (Å²) in [6.45, 7) is 5.79. The van der Waals surface area contributed by atoms with Crippen LogP contribution in [0.4, 0.5) is 0 Å². The van der Waals surface area contributed by atoms with Crippen LogP contribution in [0.25, 0.3) is 0 Å². The maximum Gasteiger partial charge on any atom is 0.245 e. The molecule has 0 saturated carbocycles. The molecule has 146 valence electrons. The highest BCUT2D eigenvalue weighted by Crippen LogP contribution is 2.21. The van der Waals surface area contributed by atoms with Gasteiger partial charge in [0.05, 0.1) is 10.5 Å². The molecule has 1 atom stereocenters. The van der Waals surface area contributed by atoms with Gasteiger partial charge in [-0.2, -0.15) is 9.57 Å². The Morgan fingerprint density at radius 2 is 1.74 bits per heavy atom. The van der Waals surface area contributed by atoms with Gasteiger partial charge in [0.15, 0.2) is 0 Å². The molecule has 1 aromatic rings. The van der Waals surface area contributed by atoms with Crippen molar-refractivity contribution < 1.29 is 18.0 Å². The van der Waals surface area contributed by atoms with E-state index in [0.717, 1.165) is 0 Å². The fourth-order valence-corrected chi connectivity index (χ4v) is 4.57. The Balaban J connectivity index is 2.11. The summed E-state index contributed by atoms with van der Waals surface area (Å²) in [5.41, 5.74) is 0.0986. The Morgan fingerprint density at radius 1 is 1.15 bits per heavy atom. The molecule has 0 radical (unpaired) electrons. The van der Waals surface area contributed by atoms with Gasteiger partial charge in [-0.3, -0.25) is 9.59 Å². The molecule has 27 heavy (non-hydrogen) atoms. The van der Waals surface area contributed by atoms with Crippen LogP contribution in [-0.4, -0.2) is 61.7 Å². The zero-order valence-electron chi connectivity index (χ0n) is 15.7. The number of carbonyl (C=O) groups excluding carboxylic acids is 2. The standard InChI is InChI=1S/C18H24N4O4S/c1-13(2)17(20-14(3)23)18(24)21-8-10-22(11-9-21)27(25,26)16-7-5-4-6-15(16)12-19/h4-7,13,17H,8-11H2,1-3H3,(H,20,23)/t17-/m0/s1. The van der Waals surface area contributed by atoms with E-state index < -0.39 is 16.1 Å². The van der Waals surface area contributed by atoms with Gasteiger partial charge in [-0.15, -0.1) is 0 Å². The minimum absolute atomic E-state index is 0.0226. The number of sulfonamides is 1. The van der Waals surface area contributed by atoms with E-state index in [9.17, 15) is 18.0 Å². The van der Waals surface area contributed by atoms with Crippen molar-refractivity contribution in [1.82, 2.24) is 14.5 Å². The number of hydrogen-bond acceptors (Lipinski definition) is 5. The molecule has 9 heteroatoms. The fourth-order valence-electron chi connectivity index (χ4n) is 3.00. The number of hydrogen-bond donors (Lipinski definition) is 1. The zero-order valence-corrected chi connectivity index (χ0v) is 16.5. The molecule has 0 bridgehead atoms. The van der Waals surface area contributed by atoms with Crippen LogP contribution in [0, 0.1) is 17.2 Å². The third kappa shape index (κ3) is 4.64. The average molecular weight is 392 g/mol. The Labute approximate surface area is 159 Å². The van der Waals surface area contributed by atoms with Gasteiger partial charge in [0.1, 0.15) is 12.1 Å². The van der Waals surface area contributed by atoms with Gasteiger partial charge in [0.25, 0.3) is 0 Å². The van der Waals surface area contributed by atoms with Crippen LogP contribution in [0.3, 0.4) is 0 Å². The van der Waals surface area contributed by atoms with Crippen molar-refractivity contribution in [2.24, 2.45) is 5.92 Å². The minimum Gasteiger partial charge on any atom is -0.344 e. The van der Waals surface area contributed by atoms with E-state index in [0.29, 0.717) is 0 Å². The summed E-state index contributed by atoms with van der Waals surface area (Å²) in [5, 5.41) is 11.8. The van der Waals surface area contributed by atoms with E-state index in [1.54, 1.807) is 17.0 Å². The molecule has 1 aliphatic rings. The van der Waals surface area contributed by atoms with E-state index in [1.807, 2.05) is 19.9 Å². The molecule has 1 saturated heterocycles. The monoisotopic (exact) mass is 392 g/mol. The molecular formula is C18H24N4O4S. The third-order valence-electron chi connectivity index (χ3n) is 4.47. The van der Waals surface area contributed by atoms with Gasteiger partial charge in [-0.05, 0) is 18.1 Å². The largest absolute Gasteiger partial charge is 0.344 e. The fraction of sp³-hybridized carbons (Fsp3) is 0.500. The van der Waals surface area contributed by atoms with Crippen LogP contribution < -0.4 is 5.32 Å². The van der Waals surface area contributed by atoms with E-state index in [1.165, 1.54) is 23.4 Å². The highest BCUT2D eigenvalue weighted by atomic mass is 32.2. The third-order valence-corrected chi connectivity index (χ3v) is 6.42. The lowest BCUT2D eigenvalue weighted by atomic mass is 10.0. The first-order valence-corrected chi connectivity index (χ1v) is 10.2. The summed E-state index contributed by atoms with van der Waals surface area (Å²) >= 11 is 0. The van der Waals surface area contributed by atoms with Gasteiger partial charge in [-0.1, -0.05) is 26.0 Å². The van der Waals surface area contributed by atoms with Gasteiger partial charge < -0.3 is 10.2 Å². The maximum absolute atomic E-state index is 12.8. The van der Waals surface area contributed by atoms with Crippen molar-refractivity contribution in [1.29, 1.82) is 5.26 Å². The van der Waals surface area contributed by atoms with Crippen molar-refractivity contribution in [3.05, 3.63) is 29.8 Å². The lowest BCUT2D eigenvalue weighted by Gasteiger charge is -2.36. The quantitative estimate of drug-likeness (QED) is 0.787. The number of benzene rings is 1. The second-order valence-electron chi connectivity index (χ2n) is 6.76. The average Bonchev–Trinajstić information content (AvgIpc) is 2.65. The summed E-state index contributed by atoms with van der Waals surface area (Å²) in [6, 6.07) is 7.34. The first-order chi connectivity index (χ1) is 12.7. The summed E-state index contributed by atoms with van der Waals surface area (Å²) in [6.07, 6.45) is 0. The highest BCUT2D eigenvalue weighted by molar-refractivity contribution is 7.89. The summed E-state index contributed by atoms with van der Waals surface area (Å²) < 4.78 is 27.0. The number of carbonyl (C=O) groups is 2. The second-order valence-corrected chi connectivity index (χ2v) is 8.67. The van der Waals surface area contributed by atoms with E-state index >= 15 is 0 Å². The molecular weight excluding hydrogens is 368 g/mol. The Hall–Kier alpha value is -2.44. The molecule has 2 rings (SSSR count). The number of nitriles is 1. The maximum atomic E-state index is 12.8. The van der Waals surface area contributed by atoms with Crippen molar-refractivity contribution in [3.63, 3.8) is 0 Å². The van der Waals surface area contributed by atoms with Crippen molar-refractivity contribution in [3.8, 4) is 6.07 Å². The van der Waals surface area contributed by atoms with Gasteiger partial charge >= 0.3 is 0 Å². The lowest BCUT2D eigenvalue weighted by Crippen LogP contribution is -2.56. The molecule has 1 N–H and O–H groups in total. The number of rotatable bonds is 5. The van der Waals surface area contributed by atoms with Gasteiger partial charge in [-0.25, -0.2) is 8.42 Å². The van der Waals surface area contributed by atoms with Crippen LogP contribution in [0.5, 0.6) is 0 Å². The number of piperazine rings is 1. The van der Waals surface area contributed by atoms with E-state index in [4.69, 9.17) is 5.26 Å². The van der Waals surface area contributed by atoms with Crippen LogP contribution in [0.15, 0.2) is 29.2 Å². The van der Waals surface area contributed by atoms with Gasteiger partial charge in [0, 0.05) is 33.1 Å². The van der Waals surface area contributed by atoms with Crippen molar-refractivity contribution in [2.45, 2.75) is 31.7 Å². The Morgan fingerprint density at radius 3 is 2.26 bits per heavy atom. The smallest absolute Gasteiger partial charge is 0.245 e. The summed E-state index contributed by atoms with van der Waals surface area (Å²) in [4.78, 5) is 25.6. The molecule has 0 aromatic heterocycles. The molecule has 1 aliphatic heterocycles. The SMILES string of the molecule is CC(=O)N[C@H](C(=O)N1CCN(S(=O)(=O)c2ccccc2C#N)CC1)C(C)C. The molecule has 1 fully saturated rings. The van der Waals surface area contributed by atoms with E-state index in [-0.39, 0.29) is 54.4 Å². The molecule has 0 aliphatic carbocycles. The minimum atomic E-state index is -3.81. The molecule has 0 unspecified atom stereocenters. The van der Waals surface area contributed by atoms with Crippen molar-refractivity contribution in [2.75, 3.05) is 26.2 Å². The second kappa shape index (κ2) is 8.50. The lowest BCUT2D eigenvalue weighted by molar-refractivity contribution is -0.138. The van der Waals surface area contributed by atoms with E-state index in [2.05, 4.69) is 5.32 Å². The zero-order chi connectivity index (χ0) is 20.2. The predicted molar refractivity (Wildman–Crippen MR) is 98.9 cm³/mol. The first-order valence-electron chi connectivity index (χ1n) is 8.73. The van der Waals surface area contributed by atoms with Crippen LogP contribution in [0.2, 0.25) is 0 Å². The molecule has 1 aromatic carbocycles. The number of amides is 2. The molecule has 1 heterocycles. The predicted octanol–water partition coefficient (Wildman–Crippen LogP) is 0.552. The topological polar surface area (TPSA) is 111 Å². The molecule has 0 spiro atoms. The summed E-state index contributed by atoms with van der Waals surface area (Å²) in [5.74, 6) is -0.572.